The number of carbonyl (C=O) groups excluding carboxylic acids is 2. The molecule has 0 bridgehead atoms. The van der Waals surface area contributed by atoms with Gasteiger partial charge in [0.1, 0.15) is 17.1 Å². The summed E-state index contributed by atoms with van der Waals surface area (Å²) < 4.78 is 5.39. The van der Waals surface area contributed by atoms with E-state index in [1.54, 1.807) is 19.1 Å². The number of benzene rings is 1. The van der Waals surface area contributed by atoms with Crippen LogP contribution in [0.1, 0.15) is 42.6 Å². The molecular weight excluding hydrogens is 344 g/mol. The molecule has 1 heterocycles. The van der Waals surface area contributed by atoms with E-state index in [0.29, 0.717) is 6.42 Å². The Kier molecular flexibility index (Phi) is 6.26. The first-order chi connectivity index (χ1) is 11.8. The van der Waals surface area contributed by atoms with Crippen LogP contribution in [0.3, 0.4) is 0 Å². The average Bonchev–Trinajstić information content (AvgIpc) is 2.53. The summed E-state index contributed by atoms with van der Waals surface area (Å²) in [6.07, 6.45) is 7.63. The number of carbonyl (C=O) groups is 2. The number of cyclic esters (lactones) is 1. The Bertz CT molecular complexity index is 736. The lowest BCUT2D eigenvalue weighted by molar-refractivity contribution is -0.114. The molecule has 0 spiro atoms. The number of aromatic hydroxyl groups is 2. The molecule has 6 heteroatoms. The molecule has 0 aromatic heterocycles. The second-order valence-electron chi connectivity index (χ2n) is 6.24. The molecule has 0 unspecified atom stereocenters. The van der Waals surface area contributed by atoms with Gasteiger partial charge in [-0.1, -0.05) is 36.8 Å². The summed E-state index contributed by atoms with van der Waals surface area (Å²) in [5.74, 6) is -1.67. The standard InChI is InChI=1S/C19H21ClO5/c1-11-5-3-4-6-13(21)9-14-17(15(22)10-16(23)18(14)20)19(24)25-12(2)8-7-11/h3-6,10-12,22-23H,7-9H2,1-2H3/b5-3-,6-4+/t11-,12-/m1/s1. The van der Waals surface area contributed by atoms with Crippen LogP contribution in [0.5, 0.6) is 11.5 Å². The van der Waals surface area contributed by atoms with Crippen LogP contribution in [0.2, 0.25) is 5.02 Å². The molecule has 2 N–H and O–H groups in total. The Morgan fingerprint density at radius 3 is 2.56 bits per heavy atom. The van der Waals surface area contributed by atoms with Gasteiger partial charge in [0.2, 0.25) is 0 Å². The normalized spacial score (nSPS) is 24.8. The molecule has 0 saturated heterocycles. The van der Waals surface area contributed by atoms with Gasteiger partial charge in [0, 0.05) is 18.1 Å². The second-order valence-corrected chi connectivity index (χ2v) is 6.62. The number of rotatable bonds is 0. The molecule has 1 aliphatic rings. The third kappa shape index (κ3) is 4.86. The Morgan fingerprint density at radius 1 is 1.12 bits per heavy atom. The molecular formula is C19H21ClO5. The van der Waals surface area contributed by atoms with Crippen LogP contribution in [0.15, 0.2) is 30.4 Å². The Hall–Kier alpha value is -2.27. The number of fused-ring (bicyclic) bond motifs is 1. The minimum absolute atomic E-state index is 0.0559. The first-order valence-corrected chi connectivity index (χ1v) is 8.49. The Balaban J connectivity index is 2.49. The summed E-state index contributed by atoms with van der Waals surface area (Å²) >= 11 is 6.06. The topological polar surface area (TPSA) is 83.8 Å². The molecule has 2 rings (SSSR count). The van der Waals surface area contributed by atoms with Crippen molar-refractivity contribution in [1.29, 1.82) is 0 Å². The van der Waals surface area contributed by atoms with E-state index in [9.17, 15) is 19.8 Å². The van der Waals surface area contributed by atoms with Gasteiger partial charge in [0.05, 0.1) is 11.1 Å². The van der Waals surface area contributed by atoms with Gasteiger partial charge < -0.3 is 14.9 Å². The zero-order valence-electron chi connectivity index (χ0n) is 14.2. The van der Waals surface area contributed by atoms with E-state index in [2.05, 4.69) is 0 Å². The molecule has 1 aromatic rings. The Morgan fingerprint density at radius 2 is 1.84 bits per heavy atom. The lowest BCUT2D eigenvalue weighted by Crippen LogP contribution is -2.18. The van der Waals surface area contributed by atoms with E-state index in [4.69, 9.17) is 16.3 Å². The molecule has 0 radical (unpaired) electrons. The molecule has 134 valence electrons. The molecule has 1 aromatic carbocycles. The number of halogens is 1. The first kappa shape index (κ1) is 19.1. The van der Waals surface area contributed by atoms with E-state index < -0.39 is 17.5 Å². The van der Waals surface area contributed by atoms with Crippen LogP contribution in [0.25, 0.3) is 0 Å². The van der Waals surface area contributed by atoms with E-state index in [0.717, 1.165) is 12.5 Å². The van der Waals surface area contributed by atoms with E-state index in [1.165, 1.54) is 6.08 Å². The van der Waals surface area contributed by atoms with Gasteiger partial charge in [-0.2, -0.15) is 0 Å². The van der Waals surface area contributed by atoms with Crippen LogP contribution in [0.4, 0.5) is 0 Å². The van der Waals surface area contributed by atoms with Crippen molar-refractivity contribution >= 4 is 23.4 Å². The average molecular weight is 365 g/mol. The van der Waals surface area contributed by atoms with Crippen LogP contribution >= 0.6 is 11.6 Å². The summed E-state index contributed by atoms with van der Waals surface area (Å²) in [7, 11) is 0. The SMILES string of the molecule is C[C@@H]1/C=C\C=C\C(=O)Cc2c(Cl)c(O)cc(O)c2C(=O)O[C@H](C)CC1. The number of hydrogen-bond donors (Lipinski definition) is 2. The van der Waals surface area contributed by atoms with E-state index >= 15 is 0 Å². The number of esters is 1. The molecule has 1 aliphatic heterocycles. The predicted octanol–water partition coefficient (Wildman–Crippen LogP) is 3.95. The fourth-order valence-electron chi connectivity index (χ4n) is 2.62. The summed E-state index contributed by atoms with van der Waals surface area (Å²) in [6, 6.07) is 0.974. The third-order valence-corrected chi connectivity index (χ3v) is 4.47. The monoisotopic (exact) mass is 364 g/mol. The minimum atomic E-state index is -0.765. The third-order valence-electron chi connectivity index (χ3n) is 4.05. The van der Waals surface area contributed by atoms with Crippen molar-refractivity contribution in [2.45, 2.75) is 39.2 Å². The molecule has 5 nitrogen and oxygen atoms in total. The number of hydrogen-bond acceptors (Lipinski definition) is 5. The number of ketones is 1. The van der Waals surface area contributed by atoms with Crippen LogP contribution in [-0.2, 0) is 16.0 Å². The van der Waals surface area contributed by atoms with E-state index in [-0.39, 0.29) is 40.4 Å². The number of allylic oxidation sites excluding steroid dienone is 4. The quantitative estimate of drug-likeness (QED) is 0.681. The highest BCUT2D eigenvalue weighted by Crippen LogP contribution is 2.37. The van der Waals surface area contributed by atoms with Crippen molar-refractivity contribution in [2.75, 3.05) is 0 Å². The lowest BCUT2D eigenvalue weighted by atomic mass is 9.99. The van der Waals surface area contributed by atoms with Crippen molar-refractivity contribution in [1.82, 2.24) is 0 Å². The number of phenolic OH excluding ortho intramolecular Hbond substituents is 2. The second kappa shape index (κ2) is 8.21. The lowest BCUT2D eigenvalue weighted by Gasteiger charge is -2.18. The van der Waals surface area contributed by atoms with E-state index in [1.807, 2.05) is 13.0 Å². The maximum atomic E-state index is 12.5. The Labute approximate surface area is 151 Å². The number of ether oxygens (including phenoxy) is 1. The highest BCUT2D eigenvalue weighted by molar-refractivity contribution is 6.33. The fraction of sp³-hybridized carbons (Fsp3) is 0.368. The number of phenols is 2. The van der Waals surface area contributed by atoms with Gasteiger partial charge in [0.25, 0.3) is 0 Å². The molecule has 0 aliphatic carbocycles. The van der Waals surface area contributed by atoms with Gasteiger partial charge in [-0.15, -0.1) is 0 Å². The smallest absolute Gasteiger partial charge is 0.342 e. The van der Waals surface area contributed by atoms with Gasteiger partial charge in [0.15, 0.2) is 5.78 Å². The van der Waals surface area contributed by atoms with Crippen molar-refractivity contribution in [2.24, 2.45) is 5.92 Å². The zero-order chi connectivity index (χ0) is 18.6. The van der Waals surface area contributed by atoms with Crippen molar-refractivity contribution < 1.29 is 24.5 Å². The fourth-order valence-corrected chi connectivity index (χ4v) is 2.84. The van der Waals surface area contributed by atoms with Crippen molar-refractivity contribution in [3.63, 3.8) is 0 Å². The summed E-state index contributed by atoms with van der Waals surface area (Å²) in [5.41, 5.74) is -0.127. The van der Waals surface area contributed by atoms with Crippen LogP contribution < -0.4 is 0 Å². The largest absolute Gasteiger partial charge is 0.507 e. The minimum Gasteiger partial charge on any atom is -0.507 e. The summed E-state index contributed by atoms with van der Waals surface area (Å²) in [6.45, 7) is 3.81. The molecule has 25 heavy (non-hydrogen) atoms. The maximum Gasteiger partial charge on any atom is 0.342 e. The summed E-state index contributed by atoms with van der Waals surface area (Å²) in [5, 5.41) is 19.7. The molecule has 0 fully saturated rings. The van der Waals surface area contributed by atoms with Gasteiger partial charge >= 0.3 is 5.97 Å². The highest BCUT2D eigenvalue weighted by Gasteiger charge is 2.26. The molecule has 2 atom stereocenters. The summed E-state index contributed by atoms with van der Waals surface area (Å²) in [4.78, 5) is 24.6. The molecule has 0 amide bonds. The molecule has 0 saturated carbocycles. The van der Waals surface area contributed by atoms with Gasteiger partial charge in [-0.05, 0) is 31.8 Å². The van der Waals surface area contributed by atoms with Crippen molar-refractivity contribution in [3.8, 4) is 11.5 Å². The van der Waals surface area contributed by atoms with Crippen LogP contribution in [0, 0.1) is 5.92 Å². The first-order valence-electron chi connectivity index (χ1n) is 8.11. The highest BCUT2D eigenvalue weighted by atomic mass is 35.5. The maximum absolute atomic E-state index is 12.5. The predicted molar refractivity (Wildman–Crippen MR) is 95.0 cm³/mol. The van der Waals surface area contributed by atoms with Crippen LogP contribution in [-0.4, -0.2) is 28.1 Å². The van der Waals surface area contributed by atoms with Gasteiger partial charge in [-0.25, -0.2) is 4.79 Å². The zero-order valence-corrected chi connectivity index (χ0v) is 14.9. The van der Waals surface area contributed by atoms with Gasteiger partial charge in [-0.3, -0.25) is 4.79 Å². The van der Waals surface area contributed by atoms with Crippen molar-refractivity contribution in [3.05, 3.63) is 46.5 Å².